The molecule has 1 aliphatic heterocycles. The van der Waals surface area contributed by atoms with Gasteiger partial charge in [0.1, 0.15) is 6.61 Å². The molecule has 0 amide bonds. The van der Waals surface area contributed by atoms with Gasteiger partial charge < -0.3 is 10.1 Å². The Morgan fingerprint density at radius 3 is 2.79 bits per heavy atom. The summed E-state index contributed by atoms with van der Waals surface area (Å²) < 4.78 is 5.25. The van der Waals surface area contributed by atoms with Gasteiger partial charge in [0.2, 0.25) is 0 Å². The summed E-state index contributed by atoms with van der Waals surface area (Å²) in [4.78, 5) is 11.5. The highest BCUT2D eigenvalue weighted by Gasteiger charge is 2.24. The largest absolute Gasteiger partial charge is 0.464 e. The van der Waals surface area contributed by atoms with Gasteiger partial charge in [-0.2, -0.15) is 11.8 Å². The van der Waals surface area contributed by atoms with Crippen molar-refractivity contribution < 1.29 is 9.53 Å². The Balaban J connectivity index is 2.22. The quantitative estimate of drug-likeness (QED) is 0.707. The summed E-state index contributed by atoms with van der Waals surface area (Å²) in [7, 11) is 0. The summed E-state index contributed by atoms with van der Waals surface area (Å²) in [5.74, 6) is 1.00. The Bertz CT molecular complexity index is 195. The first-order valence-electron chi connectivity index (χ1n) is 4.99. The Morgan fingerprint density at radius 1 is 1.57 bits per heavy atom. The monoisotopic (exact) mass is 217 g/mol. The molecule has 82 valence electrons. The maximum Gasteiger partial charge on any atom is 0.311 e. The fourth-order valence-electron chi connectivity index (χ4n) is 1.11. The molecule has 4 heteroatoms. The van der Waals surface area contributed by atoms with Gasteiger partial charge in [-0.3, -0.25) is 4.79 Å². The summed E-state index contributed by atoms with van der Waals surface area (Å²) in [6, 6.07) is 0. The molecule has 0 aromatic heterocycles. The third-order valence-electron chi connectivity index (χ3n) is 2.02. The van der Waals surface area contributed by atoms with Crippen molar-refractivity contribution in [1.29, 1.82) is 0 Å². The molecule has 1 fully saturated rings. The normalized spacial score (nSPS) is 23.2. The van der Waals surface area contributed by atoms with Crippen molar-refractivity contribution in [2.75, 3.05) is 25.4 Å². The van der Waals surface area contributed by atoms with Crippen LogP contribution in [0.1, 0.15) is 20.8 Å². The Labute approximate surface area is 90.0 Å². The molecule has 3 nitrogen and oxygen atoms in total. The summed E-state index contributed by atoms with van der Waals surface area (Å²) in [6.07, 6.45) is 0. The number of carbonyl (C=O) groups is 1. The smallest absolute Gasteiger partial charge is 0.311 e. The second-order valence-electron chi connectivity index (χ2n) is 4.55. The van der Waals surface area contributed by atoms with Gasteiger partial charge in [-0.1, -0.05) is 0 Å². The van der Waals surface area contributed by atoms with Gasteiger partial charge in [0.15, 0.2) is 0 Å². The second kappa shape index (κ2) is 5.03. The van der Waals surface area contributed by atoms with Gasteiger partial charge in [-0.15, -0.1) is 0 Å². The third-order valence-corrected chi connectivity index (χ3v) is 3.23. The molecule has 14 heavy (non-hydrogen) atoms. The van der Waals surface area contributed by atoms with Crippen LogP contribution in [0.4, 0.5) is 0 Å². The number of thioether (sulfide) groups is 1. The van der Waals surface area contributed by atoms with E-state index in [1.807, 2.05) is 32.5 Å². The van der Waals surface area contributed by atoms with Crippen LogP contribution in [-0.2, 0) is 9.53 Å². The predicted octanol–water partition coefficient (Wildman–Crippen LogP) is 1.28. The van der Waals surface area contributed by atoms with E-state index in [1.165, 1.54) is 0 Å². The standard InChI is InChI=1S/C10H19NO2S/c1-10(2,3)9(12)13-7-8-6-11-4-5-14-8/h8,11H,4-7H2,1-3H3. The van der Waals surface area contributed by atoms with Crippen LogP contribution in [0.5, 0.6) is 0 Å². The SMILES string of the molecule is CC(C)(C)C(=O)OCC1CNCCS1. The average Bonchev–Trinajstić information content (AvgIpc) is 2.14. The van der Waals surface area contributed by atoms with Crippen molar-refractivity contribution in [2.45, 2.75) is 26.0 Å². The van der Waals surface area contributed by atoms with Crippen LogP contribution in [0.3, 0.4) is 0 Å². The maximum atomic E-state index is 11.5. The van der Waals surface area contributed by atoms with E-state index in [2.05, 4.69) is 5.32 Å². The van der Waals surface area contributed by atoms with Crippen LogP contribution >= 0.6 is 11.8 Å². The summed E-state index contributed by atoms with van der Waals surface area (Å²) >= 11 is 1.88. The van der Waals surface area contributed by atoms with E-state index >= 15 is 0 Å². The molecule has 0 aromatic rings. The zero-order valence-electron chi connectivity index (χ0n) is 9.13. The lowest BCUT2D eigenvalue weighted by Gasteiger charge is -2.24. The van der Waals surface area contributed by atoms with Crippen LogP contribution in [0.2, 0.25) is 0 Å². The summed E-state index contributed by atoms with van der Waals surface area (Å²) in [6.45, 7) is 8.18. The van der Waals surface area contributed by atoms with E-state index in [0.717, 1.165) is 18.8 Å². The number of esters is 1. The number of hydrogen-bond donors (Lipinski definition) is 1. The van der Waals surface area contributed by atoms with Gasteiger partial charge in [0.25, 0.3) is 0 Å². The van der Waals surface area contributed by atoms with E-state index in [9.17, 15) is 4.79 Å². The molecule has 1 unspecified atom stereocenters. The number of rotatable bonds is 2. The van der Waals surface area contributed by atoms with E-state index in [1.54, 1.807) is 0 Å². The van der Waals surface area contributed by atoms with Crippen molar-refractivity contribution in [3.8, 4) is 0 Å². The minimum Gasteiger partial charge on any atom is -0.464 e. The summed E-state index contributed by atoms with van der Waals surface area (Å²) in [5.41, 5.74) is -0.382. The molecule has 1 aliphatic rings. The Hall–Kier alpha value is -0.220. The molecule has 1 atom stereocenters. The fraction of sp³-hybridized carbons (Fsp3) is 0.900. The van der Waals surface area contributed by atoms with Crippen molar-refractivity contribution in [1.82, 2.24) is 5.32 Å². The minimum absolute atomic E-state index is 0.108. The van der Waals surface area contributed by atoms with E-state index in [0.29, 0.717) is 11.9 Å². The number of ether oxygens (including phenoxy) is 1. The van der Waals surface area contributed by atoms with E-state index in [4.69, 9.17) is 4.74 Å². The summed E-state index contributed by atoms with van der Waals surface area (Å²) in [5, 5.41) is 3.71. The van der Waals surface area contributed by atoms with E-state index in [-0.39, 0.29) is 11.4 Å². The Kier molecular flexibility index (Phi) is 4.26. The van der Waals surface area contributed by atoms with Crippen LogP contribution in [0.25, 0.3) is 0 Å². The maximum absolute atomic E-state index is 11.5. The first-order valence-corrected chi connectivity index (χ1v) is 6.04. The molecule has 0 spiro atoms. The molecule has 0 aromatic carbocycles. The molecule has 1 rings (SSSR count). The van der Waals surface area contributed by atoms with E-state index < -0.39 is 0 Å². The van der Waals surface area contributed by atoms with Crippen molar-refractivity contribution in [2.24, 2.45) is 5.41 Å². The van der Waals surface area contributed by atoms with Crippen molar-refractivity contribution in [3.05, 3.63) is 0 Å². The number of hydrogen-bond acceptors (Lipinski definition) is 4. The van der Waals surface area contributed by atoms with Gasteiger partial charge in [0.05, 0.1) is 10.7 Å². The lowest BCUT2D eigenvalue weighted by molar-refractivity contribution is -0.152. The molecule has 0 bridgehead atoms. The molecule has 0 aliphatic carbocycles. The highest BCUT2D eigenvalue weighted by Crippen LogP contribution is 2.18. The molecular weight excluding hydrogens is 198 g/mol. The molecular formula is C10H19NO2S. The molecule has 1 saturated heterocycles. The predicted molar refractivity (Wildman–Crippen MR) is 59.5 cm³/mol. The topological polar surface area (TPSA) is 38.3 Å². The molecule has 0 radical (unpaired) electrons. The van der Waals surface area contributed by atoms with Crippen LogP contribution in [-0.4, -0.2) is 36.7 Å². The average molecular weight is 217 g/mol. The molecule has 0 saturated carbocycles. The second-order valence-corrected chi connectivity index (χ2v) is 5.95. The first-order chi connectivity index (χ1) is 6.50. The van der Waals surface area contributed by atoms with Gasteiger partial charge >= 0.3 is 5.97 Å². The van der Waals surface area contributed by atoms with Gasteiger partial charge in [0, 0.05) is 18.8 Å². The van der Waals surface area contributed by atoms with Crippen LogP contribution < -0.4 is 5.32 Å². The minimum atomic E-state index is -0.382. The molecule has 1 N–H and O–H groups in total. The van der Waals surface area contributed by atoms with Gasteiger partial charge in [-0.05, 0) is 20.8 Å². The zero-order chi connectivity index (χ0) is 10.6. The molecule has 1 heterocycles. The fourth-order valence-corrected chi connectivity index (χ4v) is 2.11. The lowest BCUT2D eigenvalue weighted by atomic mass is 9.97. The van der Waals surface area contributed by atoms with Crippen molar-refractivity contribution >= 4 is 17.7 Å². The lowest BCUT2D eigenvalue weighted by Crippen LogP contribution is -2.37. The first kappa shape index (κ1) is 11.9. The highest BCUT2D eigenvalue weighted by atomic mass is 32.2. The number of carbonyl (C=O) groups excluding carboxylic acids is 1. The van der Waals surface area contributed by atoms with Crippen LogP contribution in [0, 0.1) is 5.41 Å². The van der Waals surface area contributed by atoms with Crippen molar-refractivity contribution in [3.63, 3.8) is 0 Å². The van der Waals surface area contributed by atoms with Gasteiger partial charge in [-0.25, -0.2) is 0 Å². The number of nitrogens with one attached hydrogen (secondary N) is 1. The highest BCUT2D eigenvalue weighted by molar-refractivity contribution is 8.00. The zero-order valence-corrected chi connectivity index (χ0v) is 9.95. The third kappa shape index (κ3) is 3.88. The van der Waals surface area contributed by atoms with Crippen LogP contribution in [0.15, 0.2) is 0 Å². The Morgan fingerprint density at radius 2 is 2.29 bits per heavy atom.